The molecular weight excluding hydrogens is 214 g/mol. The third kappa shape index (κ3) is 4.97. The Morgan fingerprint density at radius 3 is 2.53 bits per heavy atom. The minimum absolute atomic E-state index is 0.256. The van der Waals surface area contributed by atoms with Crippen LogP contribution in [-0.4, -0.2) is 18.2 Å². The van der Waals surface area contributed by atoms with Crippen molar-refractivity contribution in [2.45, 2.75) is 71.3 Å². The fourth-order valence-corrected chi connectivity index (χ4v) is 2.52. The number of carbonyl (C=O) groups excluding carboxylic acids is 1. The Hall–Kier alpha value is -0.730. The van der Waals surface area contributed by atoms with Crippen molar-refractivity contribution in [2.75, 3.05) is 6.54 Å². The van der Waals surface area contributed by atoms with Gasteiger partial charge in [0.25, 0.3) is 0 Å². The summed E-state index contributed by atoms with van der Waals surface area (Å²) in [6, 6.07) is 0. The first-order valence-electron chi connectivity index (χ1n) is 7.03. The van der Waals surface area contributed by atoms with Gasteiger partial charge >= 0.3 is 6.09 Å². The van der Waals surface area contributed by atoms with Crippen molar-refractivity contribution in [1.29, 1.82) is 0 Å². The number of alkyl carbamates (subject to hydrolysis) is 1. The standard InChI is InChI=1S/C14H27NO2/c1-4-5-11-15-13(16)17-14(2,3)12-9-7-6-8-10-12/h12H,4-11H2,1-3H3,(H,15,16). The number of amides is 1. The predicted molar refractivity (Wildman–Crippen MR) is 70.0 cm³/mol. The Bertz CT molecular complexity index is 232. The molecule has 0 radical (unpaired) electrons. The Labute approximate surface area is 105 Å². The zero-order valence-corrected chi connectivity index (χ0v) is 11.6. The fourth-order valence-electron chi connectivity index (χ4n) is 2.52. The zero-order chi connectivity index (χ0) is 12.7. The Morgan fingerprint density at radius 2 is 1.94 bits per heavy atom. The van der Waals surface area contributed by atoms with Crippen molar-refractivity contribution in [2.24, 2.45) is 5.92 Å². The van der Waals surface area contributed by atoms with E-state index in [2.05, 4.69) is 12.2 Å². The van der Waals surface area contributed by atoms with E-state index in [0.717, 1.165) is 19.4 Å². The van der Waals surface area contributed by atoms with Crippen molar-refractivity contribution >= 4 is 6.09 Å². The summed E-state index contributed by atoms with van der Waals surface area (Å²) in [6.07, 6.45) is 8.10. The molecule has 3 heteroatoms. The second-order valence-corrected chi connectivity index (χ2v) is 5.61. The normalized spacial score (nSPS) is 17.8. The van der Waals surface area contributed by atoms with E-state index in [0.29, 0.717) is 5.92 Å². The molecule has 1 saturated carbocycles. The Morgan fingerprint density at radius 1 is 1.29 bits per heavy atom. The van der Waals surface area contributed by atoms with Crippen LogP contribution in [0.1, 0.15) is 65.7 Å². The van der Waals surface area contributed by atoms with E-state index in [1.807, 2.05) is 13.8 Å². The lowest BCUT2D eigenvalue weighted by Crippen LogP contribution is -2.41. The topological polar surface area (TPSA) is 38.3 Å². The molecule has 17 heavy (non-hydrogen) atoms. The number of carbonyl (C=O) groups is 1. The van der Waals surface area contributed by atoms with Crippen molar-refractivity contribution in [3.05, 3.63) is 0 Å². The molecule has 1 rings (SSSR count). The van der Waals surface area contributed by atoms with Crippen LogP contribution >= 0.6 is 0 Å². The fraction of sp³-hybridized carbons (Fsp3) is 0.929. The van der Waals surface area contributed by atoms with Gasteiger partial charge in [-0.3, -0.25) is 0 Å². The van der Waals surface area contributed by atoms with Crippen LogP contribution in [0.4, 0.5) is 4.79 Å². The zero-order valence-electron chi connectivity index (χ0n) is 11.6. The molecule has 0 heterocycles. The van der Waals surface area contributed by atoms with E-state index in [4.69, 9.17) is 4.74 Å². The van der Waals surface area contributed by atoms with Gasteiger partial charge in [0.15, 0.2) is 0 Å². The van der Waals surface area contributed by atoms with Gasteiger partial charge in [-0.05, 0) is 39.0 Å². The summed E-state index contributed by atoms with van der Waals surface area (Å²) in [5.74, 6) is 0.521. The minimum Gasteiger partial charge on any atom is -0.443 e. The monoisotopic (exact) mass is 241 g/mol. The third-order valence-corrected chi connectivity index (χ3v) is 3.74. The van der Waals surface area contributed by atoms with Gasteiger partial charge in [-0.1, -0.05) is 32.6 Å². The van der Waals surface area contributed by atoms with Crippen LogP contribution in [0, 0.1) is 5.92 Å². The van der Waals surface area contributed by atoms with E-state index in [-0.39, 0.29) is 11.7 Å². The molecule has 1 aliphatic carbocycles. The van der Waals surface area contributed by atoms with Crippen molar-refractivity contribution in [3.63, 3.8) is 0 Å². The largest absolute Gasteiger partial charge is 0.443 e. The highest BCUT2D eigenvalue weighted by atomic mass is 16.6. The number of hydrogen-bond acceptors (Lipinski definition) is 2. The van der Waals surface area contributed by atoms with Gasteiger partial charge in [-0.25, -0.2) is 4.79 Å². The molecule has 100 valence electrons. The summed E-state index contributed by atoms with van der Waals surface area (Å²) in [5.41, 5.74) is -0.323. The van der Waals surface area contributed by atoms with E-state index in [9.17, 15) is 4.79 Å². The molecule has 0 atom stereocenters. The highest BCUT2D eigenvalue weighted by molar-refractivity contribution is 5.67. The maximum atomic E-state index is 11.6. The van der Waals surface area contributed by atoms with Gasteiger partial charge in [0.1, 0.15) is 5.60 Å². The molecule has 0 aromatic heterocycles. The van der Waals surface area contributed by atoms with Crippen molar-refractivity contribution < 1.29 is 9.53 Å². The second-order valence-electron chi connectivity index (χ2n) is 5.61. The molecule has 1 amide bonds. The molecule has 0 spiro atoms. The smallest absolute Gasteiger partial charge is 0.407 e. The second kappa shape index (κ2) is 6.87. The lowest BCUT2D eigenvalue weighted by atomic mass is 9.79. The van der Waals surface area contributed by atoms with E-state index in [1.165, 1.54) is 32.1 Å². The van der Waals surface area contributed by atoms with E-state index >= 15 is 0 Å². The third-order valence-electron chi connectivity index (χ3n) is 3.74. The molecule has 0 bridgehead atoms. The maximum Gasteiger partial charge on any atom is 0.407 e. The molecule has 0 unspecified atom stereocenters. The van der Waals surface area contributed by atoms with Gasteiger partial charge < -0.3 is 10.1 Å². The molecule has 0 aliphatic heterocycles. The van der Waals surface area contributed by atoms with Crippen LogP contribution in [0.5, 0.6) is 0 Å². The number of hydrogen-bond donors (Lipinski definition) is 1. The lowest BCUT2D eigenvalue weighted by Gasteiger charge is -2.36. The number of unbranched alkanes of at least 4 members (excludes halogenated alkanes) is 1. The summed E-state index contributed by atoms with van der Waals surface area (Å²) in [4.78, 5) is 11.6. The van der Waals surface area contributed by atoms with Gasteiger partial charge in [0, 0.05) is 6.54 Å². The summed E-state index contributed by atoms with van der Waals surface area (Å²) in [6.45, 7) is 6.92. The van der Waals surface area contributed by atoms with Gasteiger partial charge in [-0.2, -0.15) is 0 Å². The molecule has 1 N–H and O–H groups in total. The van der Waals surface area contributed by atoms with Crippen LogP contribution < -0.4 is 5.32 Å². The summed E-state index contributed by atoms with van der Waals surface area (Å²) in [7, 11) is 0. The molecule has 1 fully saturated rings. The first kappa shape index (κ1) is 14.3. The predicted octanol–water partition coefficient (Wildman–Crippen LogP) is 3.87. The minimum atomic E-state index is -0.323. The van der Waals surface area contributed by atoms with Crippen LogP contribution in [0.3, 0.4) is 0 Å². The number of nitrogens with one attached hydrogen (secondary N) is 1. The molecule has 1 aliphatic rings. The van der Waals surface area contributed by atoms with E-state index in [1.54, 1.807) is 0 Å². The first-order valence-corrected chi connectivity index (χ1v) is 7.03. The number of ether oxygens (including phenoxy) is 1. The average molecular weight is 241 g/mol. The SMILES string of the molecule is CCCCNC(=O)OC(C)(C)C1CCCCC1. The summed E-state index contributed by atoms with van der Waals surface area (Å²) < 4.78 is 5.57. The van der Waals surface area contributed by atoms with Crippen LogP contribution in [0.15, 0.2) is 0 Å². The summed E-state index contributed by atoms with van der Waals surface area (Å²) in [5, 5.41) is 2.82. The summed E-state index contributed by atoms with van der Waals surface area (Å²) >= 11 is 0. The average Bonchev–Trinajstić information content (AvgIpc) is 2.30. The van der Waals surface area contributed by atoms with Gasteiger partial charge in [0.2, 0.25) is 0 Å². The quantitative estimate of drug-likeness (QED) is 0.742. The highest BCUT2D eigenvalue weighted by Gasteiger charge is 2.33. The van der Waals surface area contributed by atoms with E-state index < -0.39 is 0 Å². The van der Waals surface area contributed by atoms with Gasteiger partial charge in [-0.15, -0.1) is 0 Å². The van der Waals surface area contributed by atoms with Gasteiger partial charge in [0.05, 0.1) is 0 Å². The molecule has 3 nitrogen and oxygen atoms in total. The molecule has 0 aromatic rings. The maximum absolute atomic E-state index is 11.6. The Kier molecular flexibility index (Phi) is 5.79. The number of rotatable bonds is 5. The lowest BCUT2D eigenvalue weighted by molar-refractivity contribution is -0.0184. The first-order chi connectivity index (χ1) is 8.06. The Balaban J connectivity index is 2.33. The molecular formula is C14H27NO2. The van der Waals surface area contributed by atoms with Crippen LogP contribution in [-0.2, 0) is 4.74 Å². The highest BCUT2D eigenvalue weighted by Crippen LogP contribution is 2.34. The van der Waals surface area contributed by atoms with Crippen LogP contribution in [0.25, 0.3) is 0 Å². The van der Waals surface area contributed by atoms with Crippen molar-refractivity contribution in [1.82, 2.24) is 5.32 Å². The molecule has 0 saturated heterocycles. The van der Waals surface area contributed by atoms with Crippen molar-refractivity contribution in [3.8, 4) is 0 Å². The molecule has 0 aromatic carbocycles. The van der Waals surface area contributed by atoms with Crippen LogP contribution in [0.2, 0.25) is 0 Å².